The van der Waals surface area contributed by atoms with Gasteiger partial charge in [0, 0.05) is 17.4 Å². The Morgan fingerprint density at radius 2 is 2.15 bits per heavy atom. The summed E-state index contributed by atoms with van der Waals surface area (Å²) in [5, 5.41) is 3.13. The Morgan fingerprint density at radius 3 is 2.80 bits per heavy atom. The minimum atomic E-state index is -0.221. The highest BCUT2D eigenvalue weighted by Gasteiger charge is 2.09. The van der Waals surface area contributed by atoms with Gasteiger partial charge in [0.1, 0.15) is 10.9 Å². The van der Waals surface area contributed by atoms with Crippen molar-refractivity contribution in [3.8, 4) is 5.75 Å². The molecule has 2 rings (SSSR count). The SMILES string of the molecule is CCOc1ccc(NC(=O)c2ccnc(Cl)c2)c(C)c1. The number of hydrogen-bond acceptors (Lipinski definition) is 3. The highest BCUT2D eigenvalue weighted by molar-refractivity contribution is 6.29. The zero-order chi connectivity index (χ0) is 14.5. The van der Waals surface area contributed by atoms with Crippen molar-refractivity contribution in [2.24, 2.45) is 0 Å². The third-order valence-electron chi connectivity index (χ3n) is 2.75. The average Bonchev–Trinajstić information content (AvgIpc) is 2.42. The van der Waals surface area contributed by atoms with Gasteiger partial charge in [0.25, 0.3) is 5.91 Å². The van der Waals surface area contributed by atoms with Gasteiger partial charge in [-0.15, -0.1) is 0 Å². The number of ether oxygens (including phenoxy) is 1. The molecule has 0 saturated heterocycles. The summed E-state index contributed by atoms with van der Waals surface area (Å²) in [5.74, 6) is 0.566. The number of pyridine rings is 1. The van der Waals surface area contributed by atoms with Crippen LogP contribution >= 0.6 is 11.6 Å². The zero-order valence-corrected chi connectivity index (χ0v) is 12.1. The van der Waals surface area contributed by atoms with E-state index in [0.717, 1.165) is 17.0 Å². The number of nitrogens with zero attached hydrogens (tertiary/aromatic N) is 1. The molecular weight excluding hydrogens is 276 g/mol. The lowest BCUT2D eigenvalue weighted by molar-refractivity contribution is 0.102. The summed E-state index contributed by atoms with van der Waals surface area (Å²) in [6, 6.07) is 8.68. The molecule has 1 aromatic carbocycles. The van der Waals surface area contributed by atoms with Gasteiger partial charge < -0.3 is 10.1 Å². The van der Waals surface area contributed by atoms with Crippen molar-refractivity contribution in [2.45, 2.75) is 13.8 Å². The number of hydrogen-bond donors (Lipinski definition) is 1. The lowest BCUT2D eigenvalue weighted by Gasteiger charge is -2.10. The molecule has 104 valence electrons. The summed E-state index contributed by atoms with van der Waals surface area (Å²) < 4.78 is 5.41. The number of aryl methyl sites for hydroxylation is 1. The number of amides is 1. The van der Waals surface area contributed by atoms with Crippen molar-refractivity contribution in [3.63, 3.8) is 0 Å². The Morgan fingerprint density at radius 1 is 1.35 bits per heavy atom. The Balaban J connectivity index is 2.15. The largest absolute Gasteiger partial charge is 0.494 e. The zero-order valence-electron chi connectivity index (χ0n) is 11.3. The van der Waals surface area contributed by atoms with Gasteiger partial charge in [0.05, 0.1) is 6.61 Å². The van der Waals surface area contributed by atoms with E-state index in [1.165, 1.54) is 12.3 Å². The predicted molar refractivity (Wildman–Crippen MR) is 79.5 cm³/mol. The number of carbonyl (C=O) groups is 1. The van der Waals surface area contributed by atoms with Crippen molar-refractivity contribution in [1.29, 1.82) is 0 Å². The molecular formula is C15H15ClN2O2. The molecule has 5 heteroatoms. The minimum Gasteiger partial charge on any atom is -0.494 e. The van der Waals surface area contributed by atoms with Gasteiger partial charge in [-0.1, -0.05) is 11.6 Å². The average molecular weight is 291 g/mol. The van der Waals surface area contributed by atoms with Crippen LogP contribution in [0.3, 0.4) is 0 Å². The monoisotopic (exact) mass is 290 g/mol. The molecule has 20 heavy (non-hydrogen) atoms. The van der Waals surface area contributed by atoms with E-state index in [0.29, 0.717) is 17.3 Å². The Labute approximate surface area is 122 Å². The second-order valence-corrected chi connectivity index (χ2v) is 4.62. The first-order valence-corrected chi connectivity index (χ1v) is 6.64. The number of nitrogens with one attached hydrogen (secondary N) is 1. The maximum atomic E-state index is 12.1. The van der Waals surface area contributed by atoms with Gasteiger partial charge >= 0.3 is 0 Å². The second kappa shape index (κ2) is 6.39. The molecule has 0 spiro atoms. The van der Waals surface area contributed by atoms with E-state index in [1.807, 2.05) is 32.0 Å². The molecule has 0 aliphatic carbocycles. The molecule has 1 amide bonds. The lowest BCUT2D eigenvalue weighted by Crippen LogP contribution is -2.12. The number of benzene rings is 1. The molecule has 0 radical (unpaired) electrons. The maximum absolute atomic E-state index is 12.1. The minimum absolute atomic E-state index is 0.221. The molecule has 0 saturated carbocycles. The maximum Gasteiger partial charge on any atom is 0.255 e. The number of rotatable bonds is 4. The molecule has 0 aliphatic heterocycles. The van der Waals surface area contributed by atoms with Gasteiger partial charge in [-0.25, -0.2) is 4.98 Å². The smallest absolute Gasteiger partial charge is 0.255 e. The Kier molecular flexibility index (Phi) is 4.58. The number of halogens is 1. The molecule has 1 N–H and O–H groups in total. The molecule has 0 unspecified atom stereocenters. The molecule has 0 bridgehead atoms. The van der Waals surface area contributed by atoms with Crippen LogP contribution in [0.5, 0.6) is 5.75 Å². The van der Waals surface area contributed by atoms with Crippen LogP contribution in [0.25, 0.3) is 0 Å². The molecule has 1 aromatic heterocycles. The fourth-order valence-electron chi connectivity index (χ4n) is 1.77. The van der Waals surface area contributed by atoms with Crippen LogP contribution in [0, 0.1) is 6.92 Å². The van der Waals surface area contributed by atoms with Crippen LogP contribution in [0.4, 0.5) is 5.69 Å². The van der Waals surface area contributed by atoms with Gasteiger partial charge in [0.2, 0.25) is 0 Å². The van der Waals surface area contributed by atoms with Crippen LogP contribution < -0.4 is 10.1 Å². The van der Waals surface area contributed by atoms with Crippen LogP contribution in [-0.4, -0.2) is 17.5 Å². The van der Waals surface area contributed by atoms with E-state index in [1.54, 1.807) is 6.07 Å². The van der Waals surface area contributed by atoms with Crippen LogP contribution in [-0.2, 0) is 0 Å². The van der Waals surface area contributed by atoms with E-state index in [9.17, 15) is 4.79 Å². The van der Waals surface area contributed by atoms with Crippen molar-refractivity contribution >= 4 is 23.2 Å². The summed E-state index contributed by atoms with van der Waals surface area (Å²) >= 11 is 5.77. The first-order chi connectivity index (χ1) is 9.60. The Bertz CT molecular complexity index is 629. The third-order valence-corrected chi connectivity index (χ3v) is 2.95. The number of carbonyl (C=O) groups excluding carboxylic acids is 1. The molecule has 0 atom stereocenters. The number of aromatic nitrogens is 1. The van der Waals surface area contributed by atoms with Crippen molar-refractivity contribution < 1.29 is 9.53 Å². The Hall–Kier alpha value is -2.07. The van der Waals surface area contributed by atoms with Gasteiger partial charge in [-0.05, 0) is 49.7 Å². The predicted octanol–water partition coefficient (Wildman–Crippen LogP) is 3.69. The van der Waals surface area contributed by atoms with Gasteiger partial charge in [-0.3, -0.25) is 4.79 Å². The fourth-order valence-corrected chi connectivity index (χ4v) is 1.94. The van der Waals surface area contributed by atoms with E-state index < -0.39 is 0 Å². The molecule has 4 nitrogen and oxygen atoms in total. The summed E-state index contributed by atoms with van der Waals surface area (Å²) in [7, 11) is 0. The standard InChI is InChI=1S/C15H15ClN2O2/c1-3-20-12-4-5-13(10(2)8-12)18-15(19)11-6-7-17-14(16)9-11/h4-9H,3H2,1-2H3,(H,18,19). The van der Waals surface area contributed by atoms with E-state index in [2.05, 4.69) is 10.3 Å². The normalized spacial score (nSPS) is 10.2. The van der Waals surface area contributed by atoms with E-state index in [-0.39, 0.29) is 5.91 Å². The number of anilines is 1. The van der Waals surface area contributed by atoms with Crippen LogP contribution in [0.15, 0.2) is 36.5 Å². The van der Waals surface area contributed by atoms with Crippen LogP contribution in [0.2, 0.25) is 5.15 Å². The molecule has 0 aliphatic rings. The quantitative estimate of drug-likeness (QED) is 0.874. The van der Waals surface area contributed by atoms with Gasteiger partial charge in [-0.2, -0.15) is 0 Å². The van der Waals surface area contributed by atoms with E-state index >= 15 is 0 Å². The molecule has 1 heterocycles. The summed E-state index contributed by atoms with van der Waals surface area (Å²) in [6.07, 6.45) is 1.50. The van der Waals surface area contributed by atoms with Gasteiger partial charge in [0.15, 0.2) is 0 Å². The first kappa shape index (κ1) is 14.3. The highest BCUT2D eigenvalue weighted by Crippen LogP contribution is 2.22. The highest BCUT2D eigenvalue weighted by atomic mass is 35.5. The third kappa shape index (κ3) is 3.48. The summed E-state index contributed by atoms with van der Waals surface area (Å²) in [6.45, 7) is 4.45. The second-order valence-electron chi connectivity index (χ2n) is 4.23. The summed E-state index contributed by atoms with van der Waals surface area (Å²) in [4.78, 5) is 15.9. The van der Waals surface area contributed by atoms with Crippen molar-refractivity contribution in [3.05, 3.63) is 52.8 Å². The molecule has 0 fully saturated rings. The van der Waals surface area contributed by atoms with Crippen LogP contribution in [0.1, 0.15) is 22.8 Å². The summed E-state index contributed by atoms with van der Waals surface area (Å²) in [5.41, 5.74) is 2.15. The van der Waals surface area contributed by atoms with E-state index in [4.69, 9.17) is 16.3 Å². The fraction of sp³-hybridized carbons (Fsp3) is 0.200. The van der Waals surface area contributed by atoms with Crippen molar-refractivity contribution in [1.82, 2.24) is 4.98 Å². The first-order valence-electron chi connectivity index (χ1n) is 6.26. The lowest BCUT2D eigenvalue weighted by atomic mass is 10.1. The topological polar surface area (TPSA) is 51.2 Å². The van der Waals surface area contributed by atoms with Crippen molar-refractivity contribution in [2.75, 3.05) is 11.9 Å². The molecule has 2 aromatic rings.